The maximum Gasteiger partial charge on any atom is 0.328 e. The third-order valence-electron chi connectivity index (χ3n) is 3.85. The summed E-state index contributed by atoms with van der Waals surface area (Å²) < 4.78 is 15.8. The summed E-state index contributed by atoms with van der Waals surface area (Å²) in [6, 6.07) is 7.00. The van der Waals surface area contributed by atoms with Crippen molar-refractivity contribution >= 4 is 0 Å². The van der Waals surface area contributed by atoms with Gasteiger partial charge in [0.15, 0.2) is 11.5 Å². The van der Waals surface area contributed by atoms with Gasteiger partial charge in [0.1, 0.15) is 11.6 Å². The number of aromatic nitrogens is 2. The number of H-pyrrole nitrogens is 2. The molecule has 4 rings (SSSR count). The molecular formula is C15H10N4O5. The summed E-state index contributed by atoms with van der Waals surface area (Å²) in [5, 5.41) is 9.45. The Balaban J connectivity index is 1.98. The highest BCUT2D eigenvalue weighted by molar-refractivity contribution is 5.55. The molecule has 0 amide bonds. The highest BCUT2D eigenvalue weighted by Gasteiger charge is 2.34. The highest BCUT2D eigenvalue weighted by Crippen LogP contribution is 2.42. The number of ether oxygens (including phenoxy) is 3. The van der Waals surface area contributed by atoms with Crippen molar-refractivity contribution in [1.29, 1.82) is 5.26 Å². The topological polar surface area (TPSA) is 143 Å². The van der Waals surface area contributed by atoms with Gasteiger partial charge in [-0.2, -0.15) is 5.26 Å². The number of rotatable bonds is 1. The normalized spacial score (nSPS) is 17.9. The first-order chi connectivity index (χ1) is 11.6. The zero-order valence-electron chi connectivity index (χ0n) is 12.1. The molecule has 1 atom stereocenters. The molecule has 0 aliphatic carbocycles. The molecule has 9 heteroatoms. The van der Waals surface area contributed by atoms with Crippen LogP contribution in [0.15, 0.2) is 39.2 Å². The third kappa shape index (κ3) is 1.94. The van der Waals surface area contributed by atoms with E-state index in [9.17, 15) is 14.9 Å². The van der Waals surface area contributed by atoms with Gasteiger partial charge < -0.3 is 19.9 Å². The first-order valence-electron chi connectivity index (χ1n) is 6.92. The van der Waals surface area contributed by atoms with Gasteiger partial charge in [-0.15, -0.1) is 0 Å². The number of benzene rings is 1. The van der Waals surface area contributed by atoms with Crippen LogP contribution in [0.4, 0.5) is 0 Å². The molecule has 0 radical (unpaired) electrons. The van der Waals surface area contributed by atoms with Gasteiger partial charge in [0.05, 0.1) is 11.5 Å². The zero-order chi connectivity index (χ0) is 16.8. The summed E-state index contributed by atoms with van der Waals surface area (Å²) in [5.74, 6) is 0.0137. The largest absolute Gasteiger partial charge is 0.454 e. The van der Waals surface area contributed by atoms with E-state index >= 15 is 0 Å². The first kappa shape index (κ1) is 14.0. The van der Waals surface area contributed by atoms with Crippen molar-refractivity contribution < 1.29 is 14.2 Å². The van der Waals surface area contributed by atoms with Gasteiger partial charge in [-0.25, -0.2) is 4.79 Å². The lowest BCUT2D eigenvalue weighted by molar-refractivity contribution is 0.174. The fourth-order valence-electron chi connectivity index (χ4n) is 2.82. The molecule has 0 fully saturated rings. The number of nitriles is 1. The molecule has 3 heterocycles. The molecule has 2 aliphatic rings. The maximum absolute atomic E-state index is 12.3. The molecule has 0 spiro atoms. The lowest BCUT2D eigenvalue weighted by Crippen LogP contribution is -2.33. The average molecular weight is 326 g/mol. The Morgan fingerprint density at radius 2 is 2.00 bits per heavy atom. The number of hydrogen-bond donors (Lipinski definition) is 3. The van der Waals surface area contributed by atoms with Gasteiger partial charge in [0.2, 0.25) is 18.6 Å². The maximum atomic E-state index is 12.3. The molecule has 0 saturated carbocycles. The fourth-order valence-corrected chi connectivity index (χ4v) is 2.82. The van der Waals surface area contributed by atoms with Crippen LogP contribution in [0.5, 0.6) is 17.4 Å². The van der Waals surface area contributed by atoms with Crippen LogP contribution >= 0.6 is 0 Å². The van der Waals surface area contributed by atoms with Crippen LogP contribution < -0.4 is 31.2 Å². The summed E-state index contributed by atoms with van der Waals surface area (Å²) in [6.07, 6.45) is 0. The van der Waals surface area contributed by atoms with E-state index < -0.39 is 17.2 Å². The number of nitrogens with two attached hydrogens (primary N) is 1. The molecular weight excluding hydrogens is 316 g/mol. The van der Waals surface area contributed by atoms with Gasteiger partial charge in [0.25, 0.3) is 5.56 Å². The predicted octanol–water partition coefficient (Wildman–Crippen LogP) is 0.0101. The van der Waals surface area contributed by atoms with Crippen LogP contribution in [0.2, 0.25) is 0 Å². The molecule has 4 N–H and O–H groups in total. The van der Waals surface area contributed by atoms with E-state index in [0.29, 0.717) is 17.1 Å². The van der Waals surface area contributed by atoms with Gasteiger partial charge in [0, 0.05) is 0 Å². The molecule has 24 heavy (non-hydrogen) atoms. The minimum absolute atomic E-state index is 0.0684. The Hall–Kier alpha value is -3.67. The van der Waals surface area contributed by atoms with E-state index in [1.165, 1.54) is 0 Å². The van der Waals surface area contributed by atoms with Crippen LogP contribution in [0.25, 0.3) is 0 Å². The molecule has 0 unspecified atom stereocenters. The molecule has 0 bridgehead atoms. The van der Waals surface area contributed by atoms with E-state index in [4.69, 9.17) is 19.9 Å². The predicted molar refractivity (Wildman–Crippen MR) is 79.5 cm³/mol. The number of fused-ring (bicyclic) bond motifs is 2. The van der Waals surface area contributed by atoms with Crippen molar-refractivity contribution in [2.75, 3.05) is 6.79 Å². The second-order valence-corrected chi connectivity index (χ2v) is 5.19. The summed E-state index contributed by atoms with van der Waals surface area (Å²) in [7, 11) is 0. The Morgan fingerprint density at radius 1 is 1.21 bits per heavy atom. The molecule has 9 nitrogen and oxygen atoms in total. The van der Waals surface area contributed by atoms with Gasteiger partial charge in [-0.1, -0.05) is 6.07 Å². The van der Waals surface area contributed by atoms with Crippen molar-refractivity contribution in [3.8, 4) is 23.4 Å². The lowest BCUT2D eigenvalue weighted by atomic mass is 9.85. The minimum Gasteiger partial charge on any atom is -0.454 e. The van der Waals surface area contributed by atoms with Crippen LogP contribution in [-0.2, 0) is 0 Å². The van der Waals surface area contributed by atoms with Crippen molar-refractivity contribution in [2.24, 2.45) is 5.73 Å². The second-order valence-electron chi connectivity index (χ2n) is 5.19. The molecule has 2 aromatic rings. The summed E-state index contributed by atoms with van der Waals surface area (Å²) in [6.45, 7) is 0.0974. The Bertz CT molecular complexity index is 1040. The number of allylic oxidation sites excluding steroid dienone is 1. The summed E-state index contributed by atoms with van der Waals surface area (Å²) in [5.41, 5.74) is 5.16. The smallest absolute Gasteiger partial charge is 0.328 e. The molecule has 1 aromatic carbocycles. The number of hydrogen-bond acceptors (Lipinski definition) is 7. The quantitative estimate of drug-likeness (QED) is 0.669. The van der Waals surface area contributed by atoms with Gasteiger partial charge in [-0.3, -0.25) is 14.8 Å². The SMILES string of the molecule is N#CC1=C(N)Oc2[nH]c(=O)[nH]c(=O)c2[C@H]1c1ccc2c(c1)OCO2. The number of aromatic amines is 2. The molecule has 0 saturated heterocycles. The minimum atomic E-state index is -0.797. The Kier molecular flexibility index (Phi) is 2.86. The van der Waals surface area contributed by atoms with Crippen LogP contribution in [0.3, 0.4) is 0 Å². The van der Waals surface area contributed by atoms with Crippen LogP contribution in [0.1, 0.15) is 17.0 Å². The van der Waals surface area contributed by atoms with Crippen LogP contribution in [0, 0.1) is 11.3 Å². The Morgan fingerprint density at radius 3 is 2.79 bits per heavy atom. The van der Waals surface area contributed by atoms with Gasteiger partial charge >= 0.3 is 5.69 Å². The zero-order valence-corrected chi connectivity index (χ0v) is 12.1. The van der Waals surface area contributed by atoms with Crippen molar-refractivity contribution in [3.63, 3.8) is 0 Å². The van der Waals surface area contributed by atoms with E-state index in [-0.39, 0.29) is 29.7 Å². The molecule has 120 valence electrons. The summed E-state index contributed by atoms with van der Waals surface area (Å²) in [4.78, 5) is 28.3. The second kappa shape index (κ2) is 4.92. The lowest BCUT2D eigenvalue weighted by Gasteiger charge is -2.24. The van der Waals surface area contributed by atoms with E-state index in [2.05, 4.69) is 9.97 Å². The highest BCUT2D eigenvalue weighted by atomic mass is 16.7. The average Bonchev–Trinajstić information content (AvgIpc) is 3.00. The third-order valence-corrected chi connectivity index (χ3v) is 3.85. The standard InChI is InChI=1S/C15H10N4O5/c16-4-7-10(6-1-2-8-9(3-6)23-5-22-8)11-13(20)18-15(21)19-14(11)24-12(7)17/h1-3,10H,5,17H2,(H2,18,19,20,21)/t10-/m0/s1. The number of nitrogens with one attached hydrogen (secondary N) is 2. The van der Waals surface area contributed by atoms with E-state index in [1.54, 1.807) is 18.2 Å². The van der Waals surface area contributed by atoms with Crippen molar-refractivity contribution in [3.05, 3.63) is 61.6 Å². The Labute approximate surface area is 133 Å². The van der Waals surface area contributed by atoms with Crippen molar-refractivity contribution in [1.82, 2.24) is 9.97 Å². The first-order valence-corrected chi connectivity index (χ1v) is 6.92. The van der Waals surface area contributed by atoms with E-state index in [1.807, 2.05) is 6.07 Å². The monoisotopic (exact) mass is 326 g/mol. The van der Waals surface area contributed by atoms with Crippen molar-refractivity contribution in [2.45, 2.75) is 5.92 Å². The number of nitrogens with zero attached hydrogens (tertiary/aromatic N) is 1. The van der Waals surface area contributed by atoms with E-state index in [0.717, 1.165) is 0 Å². The van der Waals surface area contributed by atoms with Gasteiger partial charge in [-0.05, 0) is 17.7 Å². The fraction of sp³-hybridized carbons (Fsp3) is 0.133. The molecule has 1 aromatic heterocycles. The summed E-state index contributed by atoms with van der Waals surface area (Å²) >= 11 is 0. The molecule has 2 aliphatic heterocycles. The van der Waals surface area contributed by atoms with Crippen LogP contribution in [-0.4, -0.2) is 16.8 Å².